The fourth-order valence-electron chi connectivity index (χ4n) is 8.70. The Morgan fingerprint density at radius 1 is 0.756 bits per heavy atom. The van der Waals surface area contributed by atoms with E-state index < -0.39 is 6.04 Å². The molecule has 18 nitrogen and oxygen atoms in total. The maximum atomic E-state index is 12.8. The number of rotatable bonds is 24. The summed E-state index contributed by atoms with van der Waals surface area (Å²) in [5.41, 5.74) is 10.2. The van der Waals surface area contributed by atoms with Crippen molar-refractivity contribution in [2.24, 2.45) is 0 Å². The second-order valence-corrected chi connectivity index (χ2v) is 18.8. The average Bonchev–Trinajstić information content (AvgIpc) is 3.97. The minimum atomic E-state index is -0.393. The summed E-state index contributed by atoms with van der Waals surface area (Å²) in [6.45, 7) is 11.0. The van der Waals surface area contributed by atoms with E-state index in [1.54, 1.807) is 52.1 Å². The Hall–Kier alpha value is -8.12. The van der Waals surface area contributed by atoms with Gasteiger partial charge in [0.25, 0.3) is 6.47 Å². The minimum Gasteiger partial charge on any atom is -0.493 e. The summed E-state index contributed by atoms with van der Waals surface area (Å²) in [6.07, 6.45) is 7.98. The first-order chi connectivity index (χ1) is 37.6. The molecule has 5 aromatic carbocycles. The molecule has 0 aliphatic carbocycles. The maximum absolute atomic E-state index is 12.8. The van der Waals surface area contributed by atoms with Gasteiger partial charge in [-0.1, -0.05) is 56.2 Å². The quantitative estimate of drug-likeness (QED) is 0.0289. The van der Waals surface area contributed by atoms with E-state index in [2.05, 4.69) is 81.4 Å². The summed E-state index contributed by atoms with van der Waals surface area (Å²) in [7, 11) is 10.2. The number of aryl methyl sites for hydroxylation is 1. The third-order valence-electron chi connectivity index (χ3n) is 13.2. The maximum Gasteiger partial charge on any atom is 0.292 e. The summed E-state index contributed by atoms with van der Waals surface area (Å²) in [6, 6.07) is 29.3. The van der Waals surface area contributed by atoms with E-state index >= 15 is 0 Å². The normalized spacial score (nSPS) is 14.3. The first kappa shape index (κ1) is 62.4. The molecule has 5 aromatic rings. The molecule has 5 N–H and O–H groups in total. The minimum absolute atomic E-state index is 0.0250. The van der Waals surface area contributed by atoms with Crippen LogP contribution in [0.4, 0.5) is 28.4 Å². The number of hydrogen-bond acceptors (Lipinski definition) is 15. The zero-order valence-electron chi connectivity index (χ0n) is 47.0. The van der Waals surface area contributed by atoms with Crippen LogP contribution in [0.1, 0.15) is 91.6 Å². The monoisotopic (exact) mass is 1070 g/mol. The highest BCUT2D eigenvalue weighted by Gasteiger charge is 2.27. The van der Waals surface area contributed by atoms with Crippen LogP contribution in [-0.2, 0) is 54.8 Å². The van der Waals surface area contributed by atoms with E-state index in [0.717, 1.165) is 79.2 Å². The van der Waals surface area contributed by atoms with Gasteiger partial charge in [-0.05, 0) is 124 Å². The predicted octanol–water partition coefficient (Wildman–Crippen LogP) is 8.70. The van der Waals surface area contributed by atoms with Gasteiger partial charge in [-0.25, -0.2) is 0 Å². The highest BCUT2D eigenvalue weighted by Crippen LogP contribution is 2.37. The number of fused-ring (bicyclic) bond motifs is 2. The number of amides is 3. The number of para-hydroxylation sites is 2. The van der Waals surface area contributed by atoms with Crippen molar-refractivity contribution in [2.75, 3.05) is 74.8 Å². The van der Waals surface area contributed by atoms with E-state index in [0.29, 0.717) is 65.4 Å². The molecule has 0 aromatic heterocycles. The fraction of sp³-hybridized carbons (Fsp3) is 0.400. The Balaban J connectivity index is 0.000000378. The van der Waals surface area contributed by atoms with E-state index in [1.807, 2.05) is 68.6 Å². The molecule has 2 aliphatic heterocycles. The van der Waals surface area contributed by atoms with Crippen molar-refractivity contribution in [1.29, 1.82) is 0 Å². The van der Waals surface area contributed by atoms with Crippen LogP contribution in [0.5, 0.6) is 23.0 Å². The van der Waals surface area contributed by atoms with Gasteiger partial charge in [0.1, 0.15) is 19.5 Å². The molecule has 0 spiro atoms. The number of carbonyl (C=O) groups excluding carboxylic acids is 6. The molecule has 3 amide bonds. The van der Waals surface area contributed by atoms with Crippen LogP contribution in [0.2, 0.25) is 0 Å². The van der Waals surface area contributed by atoms with Gasteiger partial charge in [0.05, 0.1) is 39.5 Å². The lowest BCUT2D eigenvalue weighted by Crippen LogP contribution is -2.35. The van der Waals surface area contributed by atoms with Crippen molar-refractivity contribution in [2.45, 2.75) is 111 Å². The number of benzene rings is 5. The van der Waals surface area contributed by atoms with E-state index in [-0.39, 0.29) is 37.1 Å². The molecule has 0 fully saturated rings. The molecule has 2 heterocycles. The number of likely N-dealkylation sites (N-methyl/N-ethyl adjacent to an activating group) is 2. The van der Waals surface area contributed by atoms with Crippen LogP contribution in [-0.4, -0.2) is 110 Å². The van der Waals surface area contributed by atoms with E-state index in [9.17, 15) is 24.0 Å². The van der Waals surface area contributed by atoms with Crippen LogP contribution >= 0.6 is 0 Å². The number of methoxy groups -OCH3 is 3. The molecule has 0 radical (unpaired) electrons. The molecule has 78 heavy (non-hydrogen) atoms. The van der Waals surface area contributed by atoms with Gasteiger partial charge in [-0.15, -0.1) is 0 Å². The molecule has 7 rings (SSSR count). The van der Waals surface area contributed by atoms with Crippen molar-refractivity contribution in [3.8, 4) is 23.0 Å². The highest BCUT2D eigenvalue weighted by molar-refractivity contribution is 5.94. The Morgan fingerprint density at radius 3 is 1.88 bits per heavy atom. The van der Waals surface area contributed by atoms with Gasteiger partial charge < -0.3 is 64.9 Å². The molecule has 18 heteroatoms. The standard InChI is InChI=1S/C39H47N5O6.C10H11NO.C9H17NO2.C2H4O2/c1-24-12-35(47-6)37(18-32(24)41-4)49-22-26-13-27(15-30(14-26)43-39(46)25(2)40-3)23-50-38-19-33(29(21-45)17-36(38)48-7)42-20-31-16-28-10-8-9-11-34(28)44(31)5;1-8-6-9-4-2-3-5-10(9)11(8)7-12;1-3-4-5-6-9(12)10-8(2)7-11;1-4-2-3/h8-15,17-19,21,25,31,40-42H,16,20,22-23H2,1-7H3,(H,43,46);2-5,7-8H,6H2,1H3;7-8H,3-6H2,1-2H3,(H,10,12);2H,1H3/t;2*8-;/m.10./s1. The number of hydrogen-bond donors (Lipinski definition) is 5. The Morgan fingerprint density at radius 2 is 1.35 bits per heavy atom. The number of nitrogens with zero attached hydrogens (tertiary/aromatic N) is 2. The Bertz CT molecular complexity index is 2750. The average molecular weight is 1070 g/mol. The largest absolute Gasteiger partial charge is 0.493 e. The van der Waals surface area contributed by atoms with Crippen molar-refractivity contribution in [3.63, 3.8) is 0 Å². The summed E-state index contributed by atoms with van der Waals surface area (Å²) in [5, 5.41) is 15.2. The van der Waals surface area contributed by atoms with Gasteiger partial charge >= 0.3 is 0 Å². The van der Waals surface area contributed by atoms with E-state index in [4.69, 9.17) is 23.7 Å². The van der Waals surface area contributed by atoms with Crippen molar-refractivity contribution >= 4 is 65.7 Å². The van der Waals surface area contributed by atoms with Gasteiger partial charge in [0.2, 0.25) is 18.2 Å². The van der Waals surface area contributed by atoms with Crippen molar-refractivity contribution < 1.29 is 52.5 Å². The molecule has 0 saturated heterocycles. The molecule has 0 bridgehead atoms. The van der Waals surface area contributed by atoms with Crippen LogP contribution in [0.25, 0.3) is 0 Å². The molecule has 4 atom stereocenters. The lowest BCUT2D eigenvalue weighted by Gasteiger charge is -2.24. The molecular formula is C60H79N7O11. The second kappa shape index (κ2) is 32.5. The van der Waals surface area contributed by atoms with E-state index in [1.165, 1.54) is 23.9 Å². The first-order valence-corrected chi connectivity index (χ1v) is 26.1. The second-order valence-electron chi connectivity index (χ2n) is 18.8. The number of carbonyl (C=O) groups is 6. The lowest BCUT2D eigenvalue weighted by atomic mass is 10.1. The third-order valence-corrected chi connectivity index (χ3v) is 13.2. The van der Waals surface area contributed by atoms with Gasteiger partial charge in [-0.3, -0.25) is 24.0 Å². The summed E-state index contributed by atoms with van der Waals surface area (Å²) in [5.74, 6) is 1.93. The third kappa shape index (κ3) is 18.3. The zero-order valence-corrected chi connectivity index (χ0v) is 47.0. The SMILES string of the molecule is CCCCCC(=O)N[C@@H](C)C=O.CNc1cc(OCc2cc(COc3cc(NCC4Cc5ccccc5N4C)c(C=O)cc3OC)cc(NC(=O)C(C)NC)c2)c(OC)cc1C.COC=O.C[C@@H]1Cc2ccccc2N1C=O. The summed E-state index contributed by atoms with van der Waals surface area (Å²) < 4.78 is 27.6. The van der Waals surface area contributed by atoms with Crippen LogP contribution in [0.15, 0.2) is 91.0 Å². The molecule has 2 aliphatic rings. The number of anilines is 5. The fourth-order valence-corrected chi connectivity index (χ4v) is 8.70. The Labute approximate surface area is 459 Å². The molecule has 0 saturated carbocycles. The smallest absolute Gasteiger partial charge is 0.292 e. The van der Waals surface area contributed by atoms with Crippen molar-refractivity contribution in [1.82, 2.24) is 10.6 Å². The number of unbranched alkanes of at least 4 members (excludes halogenated alkanes) is 2. The van der Waals surface area contributed by atoms with Gasteiger partial charge in [0, 0.05) is 79.2 Å². The molecular weight excluding hydrogens is 995 g/mol. The van der Waals surface area contributed by atoms with Gasteiger partial charge in [0.15, 0.2) is 29.3 Å². The zero-order chi connectivity index (χ0) is 57.1. The molecule has 2 unspecified atom stereocenters. The van der Waals surface area contributed by atoms with Crippen LogP contribution in [0.3, 0.4) is 0 Å². The molecule has 420 valence electrons. The van der Waals surface area contributed by atoms with Crippen molar-refractivity contribution in [3.05, 3.63) is 124 Å². The summed E-state index contributed by atoms with van der Waals surface area (Å²) in [4.78, 5) is 69.8. The first-order valence-electron chi connectivity index (χ1n) is 26.1. The number of nitrogens with one attached hydrogen (secondary N) is 5. The topological polar surface area (TPSA) is 215 Å². The number of ether oxygens (including phenoxy) is 5. The Kier molecular flexibility index (Phi) is 26.0. The predicted molar refractivity (Wildman–Crippen MR) is 308 cm³/mol. The van der Waals surface area contributed by atoms with Gasteiger partial charge in [-0.2, -0.15) is 0 Å². The van der Waals surface area contributed by atoms with Crippen LogP contribution in [0, 0.1) is 6.92 Å². The lowest BCUT2D eigenvalue weighted by molar-refractivity contribution is -0.126. The highest BCUT2D eigenvalue weighted by atomic mass is 16.5. The van der Waals surface area contributed by atoms with Crippen LogP contribution < -0.4 is 55.3 Å². The number of aldehydes is 2. The summed E-state index contributed by atoms with van der Waals surface area (Å²) >= 11 is 0.